The molecular formula is C21H23N3O2. The quantitative estimate of drug-likeness (QED) is 0.706. The molecule has 1 saturated heterocycles. The van der Waals surface area contributed by atoms with Gasteiger partial charge in [0.25, 0.3) is 0 Å². The summed E-state index contributed by atoms with van der Waals surface area (Å²) in [5.74, 6) is 1.00. The highest BCUT2D eigenvalue weighted by molar-refractivity contribution is 5.88. The largest absolute Gasteiger partial charge is 0.492 e. The molecule has 5 nitrogen and oxygen atoms in total. The van der Waals surface area contributed by atoms with Gasteiger partial charge in [-0.05, 0) is 24.3 Å². The number of imidazole rings is 1. The van der Waals surface area contributed by atoms with E-state index < -0.39 is 0 Å². The average Bonchev–Trinajstić information content (AvgIpc) is 3.23. The van der Waals surface area contributed by atoms with E-state index in [9.17, 15) is 4.79 Å². The minimum Gasteiger partial charge on any atom is -0.492 e. The monoisotopic (exact) mass is 349 g/mol. The van der Waals surface area contributed by atoms with Crippen molar-refractivity contribution in [3.63, 3.8) is 0 Å². The third-order valence-electron chi connectivity index (χ3n) is 5.02. The van der Waals surface area contributed by atoms with Crippen LogP contribution < -0.4 is 4.74 Å². The normalized spacial score (nSPS) is 17.4. The van der Waals surface area contributed by atoms with E-state index in [4.69, 9.17) is 4.74 Å². The number of likely N-dealkylation sites (tertiary alicyclic amines) is 1. The second-order valence-corrected chi connectivity index (χ2v) is 6.72. The summed E-state index contributed by atoms with van der Waals surface area (Å²) >= 11 is 0. The first-order valence-electron chi connectivity index (χ1n) is 9.17. The van der Waals surface area contributed by atoms with Crippen molar-refractivity contribution in [1.82, 2.24) is 14.5 Å². The van der Waals surface area contributed by atoms with Crippen molar-refractivity contribution < 1.29 is 9.53 Å². The van der Waals surface area contributed by atoms with Crippen molar-refractivity contribution in [2.75, 3.05) is 19.7 Å². The van der Waals surface area contributed by atoms with E-state index in [0.29, 0.717) is 19.1 Å². The smallest absolute Gasteiger partial charge is 0.226 e. The molecular weight excluding hydrogens is 326 g/mol. The minimum atomic E-state index is 0.162. The van der Waals surface area contributed by atoms with E-state index in [2.05, 4.69) is 21.7 Å². The van der Waals surface area contributed by atoms with Gasteiger partial charge in [-0.2, -0.15) is 0 Å². The zero-order valence-electron chi connectivity index (χ0n) is 14.8. The summed E-state index contributed by atoms with van der Waals surface area (Å²) < 4.78 is 8.02. The van der Waals surface area contributed by atoms with Gasteiger partial charge < -0.3 is 14.2 Å². The maximum absolute atomic E-state index is 12.6. The molecule has 0 saturated carbocycles. The second kappa shape index (κ2) is 7.60. The van der Waals surface area contributed by atoms with Crippen LogP contribution in [0, 0.1) is 0 Å². The molecule has 2 heterocycles. The Hall–Kier alpha value is -2.82. The standard InChI is InChI=1S/C21H23N3O2/c25-21(23-12-4-7-18(15-23)24-13-11-22-16-24)10-14-26-20-9-3-6-17-5-1-2-8-19(17)20/h1-3,5-6,8-9,11,13,16,18H,4,7,10,12,14-15H2/t18-/m1/s1. The van der Waals surface area contributed by atoms with Gasteiger partial charge in [0.05, 0.1) is 25.4 Å². The number of carbonyl (C=O) groups excluding carboxylic acids is 1. The minimum absolute atomic E-state index is 0.162. The molecule has 1 amide bonds. The first-order chi connectivity index (χ1) is 12.8. The zero-order chi connectivity index (χ0) is 17.8. The molecule has 1 aliphatic rings. The predicted octanol–water partition coefficient (Wildman–Crippen LogP) is 3.67. The number of hydrogen-bond acceptors (Lipinski definition) is 3. The topological polar surface area (TPSA) is 47.4 Å². The van der Waals surface area contributed by atoms with Crippen molar-refractivity contribution in [3.05, 3.63) is 61.2 Å². The average molecular weight is 349 g/mol. The van der Waals surface area contributed by atoms with Gasteiger partial charge in [0.15, 0.2) is 0 Å². The molecule has 0 spiro atoms. The fourth-order valence-electron chi connectivity index (χ4n) is 3.64. The number of fused-ring (bicyclic) bond motifs is 1. The van der Waals surface area contributed by atoms with Crippen LogP contribution in [0.15, 0.2) is 61.2 Å². The molecule has 4 rings (SSSR count). The highest BCUT2D eigenvalue weighted by atomic mass is 16.5. The van der Waals surface area contributed by atoms with Crippen molar-refractivity contribution in [1.29, 1.82) is 0 Å². The molecule has 1 aromatic heterocycles. The Morgan fingerprint density at radius 3 is 2.96 bits per heavy atom. The molecule has 26 heavy (non-hydrogen) atoms. The number of benzene rings is 2. The summed E-state index contributed by atoms with van der Waals surface area (Å²) in [6.45, 7) is 1.99. The molecule has 3 aromatic rings. The van der Waals surface area contributed by atoms with Crippen LogP contribution in [0.1, 0.15) is 25.3 Å². The van der Waals surface area contributed by atoms with Crippen molar-refractivity contribution >= 4 is 16.7 Å². The van der Waals surface area contributed by atoms with E-state index in [1.165, 1.54) is 0 Å². The summed E-state index contributed by atoms with van der Waals surface area (Å²) in [4.78, 5) is 18.7. The number of piperidine rings is 1. The molecule has 0 aliphatic carbocycles. The van der Waals surface area contributed by atoms with E-state index in [-0.39, 0.29) is 5.91 Å². The number of ether oxygens (including phenoxy) is 1. The van der Waals surface area contributed by atoms with Crippen LogP contribution in [-0.4, -0.2) is 40.1 Å². The molecule has 1 aliphatic heterocycles. The Bertz CT molecular complexity index is 871. The molecule has 0 unspecified atom stereocenters. The number of carbonyl (C=O) groups is 1. The number of hydrogen-bond donors (Lipinski definition) is 0. The van der Waals surface area contributed by atoms with Crippen LogP contribution in [-0.2, 0) is 4.79 Å². The maximum atomic E-state index is 12.6. The van der Waals surface area contributed by atoms with Crippen LogP contribution in [0.3, 0.4) is 0 Å². The number of rotatable bonds is 5. The summed E-state index contributed by atoms with van der Waals surface area (Å²) in [5.41, 5.74) is 0. The Kier molecular flexibility index (Phi) is 4.86. The van der Waals surface area contributed by atoms with Crippen LogP contribution in [0.25, 0.3) is 10.8 Å². The fourth-order valence-corrected chi connectivity index (χ4v) is 3.64. The van der Waals surface area contributed by atoms with E-state index in [0.717, 1.165) is 42.5 Å². The van der Waals surface area contributed by atoms with Gasteiger partial charge in [-0.1, -0.05) is 36.4 Å². The summed E-state index contributed by atoms with van der Waals surface area (Å²) in [7, 11) is 0. The lowest BCUT2D eigenvalue weighted by Crippen LogP contribution is -2.41. The van der Waals surface area contributed by atoms with Gasteiger partial charge in [0.1, 0.15) is 5.75 Å². The number of amides is 1. The van der Waals surface area contributed by atoms with E-state index >= 15 is 0 Å². The number of aromatic nitrogens is 2. The van der Waals surface area contributed by atoms with Crippen molar-refractivity contribution in [3.8, 4) is 5.75 Å². The van der Waals surface area contributed by atoms with Gasteiger partial charge in [-0.25, -0.2) is 4.98 Å². The zero-order valence-corrected chi connectivity index (χ0v) is 14.8. The maximum Gasteiger partial charge on any atom is 0.226 e. The Morgan fingerprint density at radius 2 is 2.08 bits per heavy atom. The van der Waals surface area contributed by atoms with E-state index in [1.807, 2.05) is 47.8 Å². The van der Waals surface area contributed by atoms with Crippen LogP contribution in [0.5, 0.6) is 5.75 Å². The first-order valence-corrected chi connectivity index (χ1v) is 9.17. The van der Waals surface area contributed by atoms with Gasteiger partial charge in [-0.15, -0.1) is 0 Å². The van der Waals surface area contributed by atoms with Gasteiger partial charge in [0, 0.05) is 30.9 Å². The van der Waals surface area contributed by atoms with Gasteiger partial charge in [-0.3, -0.25) is 4.79 Å². The molecule has 134 valence electrons. The third-order valence-corrected chi connectivity index (χ3v) is 5.02. The van der Waals surface area contributed by atoms with E-state index in [1.54, 1.807) is 6.20 Å². The SMILES string of the molecule is O=C(CCOc1cccc2ccccc12)N1CCC[C@@H](n2ccnc2)C1. The molecule has 2 aromatic carbocycles. The summed E-state index contributed by atoms with van der Waals surface area (Å²) in [6, 6.07) is 14.5. The third kappa shape index (κ3) is 3.57. The Morgan fingerprint density at radius 1 is 1.19 bits per heavy atom. The van der Waals surface area contributed by atoms with Crippen LogP contribution in [0.4, 0.5) is 0 Å². The van der Waals surface area contributed by atoms with Gasteiger partial charge >= 0.3 is 0 Å². The molecule has 0 bridgehead atoms. The van der Waals surface area contributed by atoms with Crippen LogP contribution in [0.2, 0.25) is 0 Å². The van der Waals surface area contributed by atoms with Crippen molar-refractivity contribution in [2.24, 2.45) is 0 Å². The number of nitrogens with zero attached hydrogens (tertiary/aromatic N) is 3. The lowest BCUT2D eigenvalue weighted by atomic mass is 10.1. The van der Waals surface area contributed by atoms with Crippen LogP contribution >= 0.6 is 0 Å². The summed E-state index contributed by atoms with van der Waals surface area (Å²) in [6.07, 6.45) is 8.12. The highest BCUT2D eigenvalue weighted by Crippen LogP contribution is 2.25. The summed E-state index contributed by atoms with van der Waals surface area (Å²) in [5, 5.41) is 2.23. The second-order valence-electron chi connectivity index (χ2n) is 6.72. The molecule has 0 N–H and O–H groups in total. The Labute approximate surface area is 153 Å². The van der Waals surface area contributed by atoms with Crippen molar-refractivity contribution in [2.45, 2.75) is 25.3 Å². The Balaban J connectivity index is 1.33. The lowest BCUT2D eigenvalue weighted by Gasteiger charge is -2.33. The molecule has 1 fully saturated rings. The first kappa shape index (κ1) is 16.6. The fraction of sp³-hybridized carbons (Fsp3) is 0.333. The highest BCUT2D eigenvalue weighted by Gasteiger charge is 2.24. The predicted molar refractivity (Wildman–Crippen MR) is 101 cm³/mol. The molecule has 5 heteroatoms. The van der Waals surface area contributed by atoms with Gasteiger partial charge in [0.2, 0.25) is 5.91 Å². The molecule has 0 radical (unpaired) electrons. The lowest BCUT2D eigenvalue weighted by molar-refractivity contribution is -0.133. The molecule has 1 atom stereocenters.